The third-order valence-electron chi connectivity index (χ3n) is 5.94. The van der Waals surface area contributed by atoms with Crippen molar-refractivity contribution in [2.75, 3.05) is 11.4 Å². The number of amides is 2. The van der Waals surface area contributed by atoms with Crippen molar-refractivity contribution in [3.8, 4) is 0 Å². The quantitative estimate of drug-likeness (QED) is 0.765. The normalized spacial score (nSPS) is 25.2. The number of fused-ring (bicyclic) bond motifs is 3. The number of hydrogen-bond acceptors (Lipinski definition) is 5. The van der Waals surface area contributed by atoms with Gasteiger partial charge in [-0.15, -0.1) is 0 Å². The molecule has 0 unspecified atom stereocenters. The van der Waals surface area contributed by atoms with Crippen LogP contribution in [0.15, 0.2) is 29.2 Å². The largest absolute Gasteiger partial charge is 0.450 e. The third-order valence-corrected chi connectivity index (χ3v) is 7.39. The van der Waals surface area contributed by atoms with Crippen LogP contribution < -0.4 is 10.2 Å². The maximum Gasteiger partial charge on any atom is 0.344 e. The van der Waals surface area contributed by atoms with Crippen LogP contribution in [0.25, 0.3) is 0 Å². The first-order valence-corrected chi connectivity index (χ1v) is 10.9. The van der Waals surface area contributed by atoms with E-state index in [4.69, 9.17) is 4.74 Å². The molecular weight excluding hydrogens is 376 g/mol. The Balaban J connectivity index is 1.40. The Hall–Kier alpha value is -2.02. The molecule has 1 aromatic rings. The zero-order chi connectivity index (χ0) is 19.7. The number of anilines is 1. The second kappa shape index (κ2) is 7.78. The number of nitrogens with zero attached hydrogens (tertiary/aromatic N) is 1. The highest BCUT2D eigenvalue weighted by molar-refractivity contribution is 8.02. The molecule has 3 aliphatic rings. The van der Waals surface area contributed by atoms with Gasteiger partial charge >= 0.3 is 5.97 Å². The fraction of sp³-hybridized carbons (Fsp3) is 0.571. The number of thioether (sulfide) groups is 1. The molecule has 0 radical (unpaired) electrons. The van der Waals surface area contributed by atoms with E-state index in [0.29, 0.717) is 25.3 Å². The Labute approximate surface area is 169 Å². The van der Waals surface area contributed by atoms with Gasteiger partial charge in [-0.05, 0) is 37.8 Å². The smallest absolute Gasteiger partial charge is 0.344 e. The number of rotatable bonds is 5. The lowest BCUT2D eigenvalue weighted by molar-refractivity contribution is -0.157. The van der Waals surface area contributed by atoms with Crippen molar-refractivity contribution in [3.05, 3.63) is 24.3 Å². The summed E-state index contributed by atoms with van der Waals surface area (Å²) in [6.45, 7) is 2.23. The average Bonchev–Trinajstić information content (AvgIpc) is 3.22. The molecule has 6 nitrogen and oxygen atoms in total. The molecule has 2 heterocycles. The maximum absolute atomic E-state index is 13.1. The second-order valence-corrected chi connectivity index (χ2v) is 9.20. The maximum atomic E-state index is 13.1. The minimum atomic E-state index is -1.08. The number of para-hydroxylation sites is 1. The molecule has 2 fully saturated rings. The van der Waals surface area contributed by atoms with Gasteiger partial charge in [0, 0.05) is 24.3 Å². The average molecular weight is 403 g/mol. The van der Waals surface area contributed by atoms with Crippen molar-refractivity contribution < 1.29 is 19.1 Å². The van der Waals surface area contributed by atoms with Crippen LogP contribution in [0.2, 0.25) is 0 Å². The first-order valence-electron chi connectivity index (χ1n) is 10.1. The minimum Gasteiger partial charge on any atom is -0.450 e. The van der Waals surface area contributed by atoms with Gasteiger partial charge in [-0.2, -0.15) is 0 Å². The van der Waals surface area contributed by atoms with E-state index in [0.717, 1.165) is 23.4 Å². The van der Waals surface area contributed by atoms with Crippen LogP contribution in [-0.4, -0.2) is 35.3 Å². The SMILES string of the molecule is C[C@H](OC(=O)[C@@]12CCC(=O)N1c1ccccc1S2)C(=O)NCC1CCCCC1. The molecule has 0 spiro atoms. The number of benzene rings is 1. The highest BCUT2D eigenvalue weighted by Crippen LogP contribution is 2.56. The van der Waals surface area contributed by atoms with Crippen LogP contribution in [0, 0.1) is 5.92 Å². The first-order chi connectivity index (χ1) is 13.5. The van der Waals surface area contributed by atoms with Crippen molar-refractivity contribution >= 4 is 35.2 Å². The lowest BCUT2D eigenvalue weighted by Crippen LogP contribution is -2.50. The van der Waals surface area contributed by atoms with E-state index < -0.39 is 16.9 Å². The van der Waals surface area contributed by atoms with Gasteiger partial charge in [0.2, 0.25) is 5.91 Å². The van der Waals surface area contributed by atoms with Gasteiger partial charge < -0.3 is 10.1 Å². The second-order valence-electron chi connectivity index (χ2n) is 7.88. The van der Waals surface area contributed by atoms with Crippen LogP contribution in [-0.2, 0) is 19.1 Å². The predicted molar refractivity (Wildman–Crippen MR) is 107 cm³/mol. The van der Waals surface area contributed by atoms with E-state index in [1.54, 1.807) is 11.8 Å². The van der Waals surface area contributed by atoms with Crippen molar-refractivity contribution in [1.29, 1.82) is 0 Å². The molecule has 28 heavy (non-hydrogen) atoms. The Morgan fingerprint density at radius 1 is 1.29 bits per heavy atom. The summed E-state index contributed by atoms with van der Waals surface area (Å²) in [5, 5.41) is 2.93. The number of hydrogen-bond donors (Lipinski definition) is 1. The van der Waals surface area contributed by atoms with Crippen LogP contribution >= 0.6 is 11.8 Å². The van der Waals surface area contributed by atoms with Crippen LogP contribution in [0.3, 0.4) is 0 Å². The van der Waals surface area contributed by atoms with Crippen molar-refractivity contribution in [2.24, 2.45) is 5.92 Å². The summed E-state index contributed by atoms with van der Waals surface area (Å²) < 4.78 is 5.55. The van der Waals surface area contributed by atoms with Crippen molar-refractivity contribution in [2.45, 2.75) is 67.7 Å². The van der Waals surface area contributed by atoms with E-state index in [9.17, 15) is 14.4 Å². The fourth-order valence-electron chi connectivity index (χ4n) is 4.36. The summed E-state index contributed by atoms with van der Waals surface area (Å²) in [7, 11) is 0. The number of esters is 1. The highest BCUT2D eigenvalue weighted by Gasteiger charge is 2.58. The van der Waals surface area contributed by atoms with Gasteiger partial charge in [0.15, 0.2) is 11.0 Å². The Kier molecular flexibility index (Phi) is 5.36. The summed E-state index contributed by atoms with van der Waals surface area (Å²) in [5.41, 5.74) is 0.751. The van der Waals surface area contributed by atoms with E-state index in [2.05, 4.69) is 5.32 Å². The molecule has 1 saturated carbocycles. The Bertz CT molecular complexity index is 792. The third kappa shape index (κ3) is 3.41. The van der Waals surface area contributed by atoms with Crippen molar-refractivity contribution in [1.82, 2.24) is 5.32 Å². The van der Waals surface area contributed by atoms with E-state index in [1.165, 1.54) is 31.0 Å². The summed E-state index contributed by atoms with van der Waals surface area (Å²) in [5.74, 6) is -0.350. The van der Waals surface area contributed by atoms with Gasteiger partial charge in [0.05, 0.1) is 5.69 Å². The molecule has 4 rings (SSSR count). The van der Waals surface area contributed by atoms with Crippen molar-refractivity contribution in [3.63, 3.8) is 0 Å². The number of nitrogens with one attached hydrogen (secondary N) is 1. The molecule has 2 amide bonds. The number of ether oxygens (including phenoxy) is 1. The number of carbonyl (C=O) groups is 3. The Morgan fingerprint density at radius 3 is 2.82 bits per heavy atom. The Morgan fingerprint density at radius 2 is 2.04 bits per heavy atom. The molecule has 150 valence electrons. The summed E-state index contributed by atoms with van der Waals surface area (Å²) in [6.07, 6.45) is 5.80. The molecule has 0 aromatic heterocycles. The van der Waals surface area contributed by atoms with Gasteiger partial charge in [0.25, 0.3) is 5.91 Å². The number of carbonyl (C=O) groups excluding carboxylic acids is 3. The lowest BCUT2D eigenvalue weighted by atomic mass is 9.89. The molecule has 2 aliphatic heterocycles. The van der Waals surface area contributed by atoms with Crippen LogP contribution in [0.1, 0.15) is 51.9 Å². The molecule has 1 N–H and O–H groups in total. The predicted octanol–water partition coefficient (Wildman–Crippen LogP) is 3.24. The van der Waals surface area contributed by atoms with E-state index in [-0.39, 0.29) is 11.8 Å². The van der Waals surface area contributed by atoms with Crippen LogP contribution in [0.5, 0.6) is 0 Å². The standard InChI is InChI=1S/C21H26N2O4S/c1-14(19(25)22-13-15-7-3-2-4-8-15)27-20(26)21-12-11-18(24)23(21)16-9-5-6-10-17(16)28-21/h5-6,9-10,14-15H,2-4,7-8,11-13H2,1H3,(H,22,25)/t14-,21-/m0/s1. The van der Waals surface area contributed by atoms with Crippen LogP contribution in [0.4, 0.5) is 5.69 Å². The van der Waals surface area contributed by atoms with Gasteiger partial charge in [-0.1, -0.05) is 43.2 Å². The first kappa shape index (κ1) is 19.3. The fourth-order valence-corrected chi connectivity index (χ4v) is 5.76. The van der Waals surface area contributed by atoms with E-state index >= 15 is 0 Å². The van der Waals surface area contributed by atoms with Gasteiger partial charge in [-0.3, -0.25) is 14.5 Å². The molecule has 2 atom stereocenters. The summed E-state index contributed by atoms with van der Waals surface area (Å²) in [6, 6.07) is 7.49. The molecule has 1 aliphatic carbocycles. The zero-order valence-corrected chi connectivity index (χ0v) is 16.9. The molecule has 0 bridgehead atoms. The van der Waals surface area contributed by atoms with Gasteiger partial charge in [0.1, 0.15) is 0 Å². The molecule has 7 heteroatoms. The highest BCUT2D eigenvalue weighted by atomic mass is 32.2. The summed E-state index contributed by atoms with van der Waals surface area (Å²) >= 11 is 1.35. The zero-order valence-electron chi connectivity index (χ0n) is 16.1. The van der Waals surface area contributed by atoms with E-state index in [1.807, 2.05) is 24.3 Å². The lowest BCUT2D eigenvalue weighted by Gasteiger charge is -2.30. The molecule has 1 saturated heterocycles. The molecular formula is C21H26N2O4S. The topological polar surface area (TPSA) is 75.7 Å². The minimum absolute atomic E-state index is 0.0798. The monoisotopic (exact) mass is 402 g/mol. The molecule has 1 aromatic carbocycles. The summed E-state index contributed by atoms with van der Waals surface area (Å²) in [4.78, 5) is 39.3. The van der Waals surface area contributed by atoms with Gasteiger partial charge in [-0.25, -0.2) is 4.79 Å².